The fourth-order valence-corrected chi connectivity index (χ4v) is 2.23. The third-order valence-electron chi connectivity index (χ3n) is 2.24. The first kappa shape index (κ1) is 10.4. The zero-order valence-electron chi connectivity index (χ0n) is 7.68. The third-order valence-corrected chi connectivity index (χ3v) is 3.25. The molecule has 1 heterocycles. The van der Waals surface area contributed by atoms with Crippen LogP contribution < -0.4 is 0 Å². The number of benzene rings is 1. The molecule has 0 atom stereocenters. The number of aryl methyl sites for hydroxylation is 1. The smallest absolute Gasteiger partial charge is 0.183 e. The molecule has 0 aliphatic carbocycles. The summed E-state index contributed by atoms with van der Waals surface area (Å²) in [6, 6.07) is 4.61. The van der Waals surface area contributed by atoms with E-state index in [1.54, 1.807) is 35.9 Å². The largest absolute Gasteiger partial charge is 0.270 e. The van der Waals surface area contributed by atoms with Gasteiger partial charge in [-0.15, -0.1) is 0 Å². The molecule has 0 saturated carbocycles. The molecular weight excluding hydrogens is 313 g/mol. The second kappa shape index (κ2) is 3.45. The van der Waals surface area contributed by atoms with Crippen molar-refractivity contribution in [3.63, 3.8) is 0 Å². The van der Waals surface area contributed by atoms with Crippen molar-refractivity contribution >= 4 is 33.8 Å². The predicted octanol–water partition coefficient (Wildman–Crippen LogP) is 3.30. The van der Waals surface area contributed by atoms with E-state index >= 15 is 0 Å². The number of halogens is 3. The van der Waals surface area contributed by atoms with Crippen molar-refractivity contribution in [1.29, 1.82) is 5.26 Å². The van der Waals surface area contributed by atoms with E-state index in [2.05, 4.69) is 0 Å². The summed E-state index contributed by atoms with van der Waals surface area (Å²) in [7, 11) is 0. The van der Waals surface area contributed by atoms with Gasteiger partial charge in [-0.1, -0.05) is 0 Å². The number of hydrogen-bond acceptors (Lipinski definition) is 1. The highest BCUT2D eigenvalue weighted by molar-refractivity contribution is 14.1. The van der Waals surface area contributed by atoms with Crippen LogP contribution in [0.1, 0.15) is 11.3 Å². The molecule has 0 spiro atoms. The van der Waals surface area contributed by atoms with Gasteiger partial charge in [0.1, 0.15) is 11.8 Å². The Morgan fingerprint density at radius 1 is 1.40 bits per heavy atom. The summed E-state index contributed by atoms with van der Waals surface area (Å²) in [6.45, 7) is 1.68. The van der Waals surface area contributed by atoms with Crippen LogP contribution in [0.15, 0.2) is 12.1 Å². The van der Waals surface area contributed by atoms with E-state index in [-0.39, 0.29) is 5.52 Å². The molecule has 0 bridgehead atoms. The van der Waals surface area contributed by atoms with Crippen molar-refractivity contribution in [3.8, 4) is 6.07 Å². The summed E-state index contributed by atoms with van der Waals surface area (Å²) in [5, 5.41) is 9.35. The average molecular weight is 318 g/mol. The van der Waals surface area contributed by atoms with E-state index in [0.29, 0.717) is 16.6 Å². The Bertz CT molecular complexity index is 596. The predicted molar refractivity (Wildman–Crippen MR) is 60.7 cm³/mol. The Hall–Kier alpha value is -1.16. The Morgan fingerprint density at radius 2 is 2.07 bits per heavy atom. The molecule has 0 radical (unpaired) electrons. The van der Waals surface area contributed by atoms with Crippen LogP contribution in [0.25, 0.3) is 10.9 Å². The molecule has 2 rings (SSSR count). The van der Waals surface area contributed by atoms with Crippen LogP contribution in [0.2, 0.25) is 0 Å². The summed E-state index contributed by atoms with van der Waals surface area (Å²) >= 11 is 1.78. The molecular formula is C10H5F2IN2. The van der Waals surface area contributed by atoms with Crippen LogP contribution in [0, 0.1) is 29.9 Å². The van der Waals surface area contributed by atoms with Crippen molar-refractivity contribution in [2.75, 3.05) is 0 Å². The highest BCUT2D eigenvalue weighted by Crippen LogP contribution is 2.29. The fourth-order valence-electron chi connectivity index (χ4n) is 1.51. The van der Waals surface area contributed by atoms with Gasteiger partial charge in [-0.25, -0.2) is 8.78 Å². The molecule has 0 fully saturated rings. The molecule has 0 amide bonds. The molecule has 76 valence electrons. The van der Waals surface area contributed by atoms with Gasteiger partial charge in [0.25, 0.3) is 0 Å². The number of nitriles is 1. The van der Waals surface area contributed by atoms with Gasteiger partial charge in [0.05, 0.1) is 28.4 Å². The third kappa shape index (κ3) is 1.40. The van der Waals surface area contributed by atoms with Gasteiger partial charge in [-0.3, -0.25) is 2.78 Å². The SMILES string of the molecule is Cc1cc(F)c(F)c2c1cc(C#N)n2I. The van der Waals surface area contributed by atoms with Crippen LogP contribution in [0.4, 0.5) is 8.78 Å². The summed E-state index contributed by atoms with van der Waals surface area (Å²) in [4.78, 5) is 0. The normalized spacial score (nSPS) is 10.6. The van der Waals surface area contributed by atoms with Crippen molar-refractivity contribution < 1.29 is 8.78 Å². The van der Waals surface area contributed by atoms with E-state index < -0.39 is 11.6 Å². The Morgan fingerprint density at radius 3 is 2.67 bits per heavy atom. The van der Waals surface area contributed by atoms with Crippen molar-refractivity contribution in [3.05, 3.63) is 35.0 Å². The molecule has 0 aliphatic rings. The van der Waals surface area contributed by atoms with Crippen molar-refractivity contribution in [1.82, 2.24) is 2.78 Å². The molecule has 1 aromatic carbocycles. The molecule has 0 unspecified atom stereocenters. The lowest BCUT2D eigenvalue weighted by Gasteiger charge is -2.01. The first-order chi connectivity index (χ1) is 7.06. The summed E-state index contributed by atoms with van der Waals surface area (Å²) in [6.07, 6.45) is 0. The van der Waals surface area contributed by atoms with E-state index in [4.69, 9.17) is 5.26 Å². The molecule has 1 aromatic heterocycles. The zero-order valence-corrected chi connectivity index (χ0v) is 9.84. The Labute approximate surface area is 98.6 Å². The monoisotopic (exact) mass is 318 g/mol. The van der Waals surface area contributed by atoms with E-state index in [9.17, 15) is 8.78 Å². The van der Waals surface area contributed by atoms with Crippen molar-refractivity contribution in [2.45, 2.75) is 6.92 Å². The second-order valence-corrected chi connectivity index (χ2v) is 4.14. The maximum Gasteiger partial charge on any atom is 0.183 e. The summed E-state index contributed by atoms with van der Waals surface area (Å²) < 4.78 is 27.9. The quantitative estimate of drug-likeness (QED) is 0.685. The van der Waals surface area contributed by atoms with Crippen LogP contribution in [0.5, 0.6) is 0 Å². The lowest BCUT2D eigenvalue weighted by atomic mass is 10.1. The van der Waals surface area contributed by atoms with Gasteiger partial charge in [0.15, 0.2) is 11.6 Å². The van der Waals surface area contributed by atoms with Gasteiger partial charge in [-0.2, -0.15) is 5.26 Å². The van der Waals surface area contributed by atoms with Gasteiger partial charge in [-0.05, 0) is 24.6 Å². The Kier molecular flexibility index (Phi) is 2.38. The standard InChI is InChI=1S/C10H5F2IN2/c1-5-2-8(11)9(12)10-7(5)3-6(4-14)15(10)13/h2-3H,1H3. The average Bonchev–Trinajstić information content (AvgIpc) is 2.53. The minimum atomic E-state index is -0.911. The summed E-state index contributed by atoms with van der Waals surface area (Å²) in [5.41, 5.74) is 1.05. The fraction of sp³-hybridized carbons (Fsp3) is 0.100. The number of hydrogen-bond donors (Lipinski definition) is 0. The minimum Gasteiger partial charge on any atom is -0.270 e. The Balaban J connectivity index is 3.02. The lowest BCUT2D eigenvalue weighted by molar-refractivity contribution is 0.514. The van der Waals surface area contributed by atoms with Gasteiger partial charge in [0, 0.05) is 5.39 Å². The van der Waals surface area contributed by atoms with Gasteiger partial charge < -0.3 is 0 Å². The molecule has 2 nitrogen and oxygen atoms in total. The lowest BCUT2D eigenvalue weighted by Crippen LogP contribution is -1.91. The zero-order chi connectivity index (χ0) is 11.2. The van der Waals surface area contributed by atoms with Gasteiger partial charge in [0.2, 0.25) is 0 Å². The van der Waals surface area contributed by atoms with Crippen LogP contribution >= 0.6 is 22.9 Å². The maximum atomic E-state index is 13.5. The van der Waals surface area contributed by atoms with E-state index in [0.717, 1.165) is 6.07 Å². The first-order valence-corrected chi connectivity index (χ1v) is 5.09. The molecule has 0 aliphatic heterocycles. The topological polar surface area (TPSA) is 28.7 Å². The summed E-state index contributed by atoms with van der Waals surface area (Å²) in [5.74, 6) is -1.80. The molecule has 2 aromatic rings. The molecule has 15 heavy (non-hydrogen) atoms. The minimum absolute atomic E-state index is 0.129. The number of fused-ring (bicyclic) bond motifs is 1. The molecule has 5 heteroatoms. The molecule has 0 N–H and O–H groups in total. The number of nitrogens with zero attached hydrogens (tertiary/aromatic N) is 2. The van der Waals surface area contributed by atoms with Crippen molar-refractivity contribution in [2.24, 2.45) is 0 Å². The van der Waals surface area contributed by atoms with E-state index in [1.807, 2.05) is 6.07 Å². The highest BCUT2D eigenvalue weighted by atomic mass is 127. The van der Waals surface area contributed by atoms with E-state index in [1.165, 1.54) is 2.78 Å². The molecule has 0 saturated heterocycles. The van der Waals surface area contributed by atoms with Gasteiger partial charge >= 0.3 is 0 Å². The maximum absolute atomic E-state index is 13.5. The first-order valence-electron chi connectivity index (χ1n) is 4.12. The number of rotatable bonds is 0. The number of aromatic nitrogens is 1. The second-order valence-electron chi connectivity index (χ2n) is 3.17. The van der Waals surface area contributed by atoms with Crippen LogP contribution in [-0.4, -0.2) is 2.78 Å². The highest BCUT2D eigenvalue weighted by Gasteiger charge is 2.16. The van der Waals surface area contributed by atoms with Crippen LogP contribution in [0.3, 0.4) is 0 Å². The van der Waals surface area contributed by atoms with Crippen LogP contribution in [-0.2, 0) is 0 Å².